The van der Waals surface area contributed by atoms with Gasteiger partial charge in [-0.15, -0.1) is 0 Å². The van der Waals surface area contributed by atoms with E-state index in [0.717, 1.165) is 0 Å². The molecule has 162 valence electrons. The summed E-state index contributed by atoms with van der Waals surface area (Å²) in [5.74, 6) is -0.670. The number of carbonyl (C=O) groups excluding carboxylic acids is 2. The predicted molar refractivity (Wildman–Crippen MR) is 118 cm³/mol. The molecule has 4 rings (SSSR count). The molecule has 0 spiro atoms. The van der Waals surface area contributed by atoms with Crippen molar-refractivity contribution in [3.63, 3.8) is 0 Å². The summed E-state index contributed by atoms with van der Waals surface area (Å²) in [4.78, 5) is 25.8. The largest absolute Gasteiger partial charge is 0.497 e. The highest BCUT2D eigenvalue weighted by Crippen LogP contribution is 2.34. The van der Waals surface area contributed by atoms with Crippen LogP contribution in [-0.2, 0) is 0 Å². The van der Waals surface area contributed by atoms with E-state index in [1.807, 2.05) is 0 Å². The lowest BCUT2D eigenvalue weighted by Gasteiger charge is -2.12. The first kappa shape index (κ1) is 20.9. The molecule has 2 N–H and O–H groups in total. The van der Waals surface area contributed by atoms with Crippen LogP contribution >= 0.6 is 0 Å². The molecule has 32 heavy (non-hydrogen) atoms. The van der Waals surface area contributed by atoms with Crippen LogP contribution in [0.4, 0.5) is 15.8 Å². The second kappa shape index (κ2) is 8.81. The van der Waals surface area contributed by atoms with Gasteiger partial charge < -0.3 is 24.5 Å². The van der Waals surface area contributed by atoms with Crippen molar-refractivity contribution in [2.45, 2.75) is 0 Å². The zero-order chi connectivity index (χ0) is 22.7. The van der Waals surface area contributed by atoms with E-state index in [0.29, 0.717) is 28.2 Å². The van der Waals surface area contributed by atoms with Crippen molar-refractivity contribution in [3.8, 4) is 11.5 Å². The molecule has 0 fully saturated rings. The Hall–Kier alpha value is -4.33. The van der Waals surface area contributed by atoms with E-state index < -0.39 is 17.6 Å². The number of rotatable bonds is 6. The highest BCUT2D eigenvalue weighted by atomic mass is 19.1. The molecule has 1 heterocycles. The third-order valence-electron chi connectivity index (χ3n) is 4.80. The second-order valence-corrected chi connectivity index (χ2v) is 6.78. The van der Waals surface area contributed by atoms with Crippen LogP contribution < -0.4 is 20.1 Å². The van der Waals surface area contributed by atoms with E-state index in [-0.39, 0.29) is 17.0 Å². The molecule has 0 saturated carbocycles. The van der Waals surface area contributed by atoms with E-state index in [4.69, 9.17) is 13.9 Å². The minimum atomic E-state index is -0.584. The Morgan fingerprint density at radius 2 is 1.62 bits per heavy atom. The van der Waals surface area contributed by atoms with Gasteiger partial charge in [0.05, 0.1) is 19.9 Å². The molecule has 1 aromatic heterocycles. The molecule has 0 atom stereocenters. The van der Waals surface area contributed by atoms with Crippen molar-refractivity contribution in [2.75, 3.05) is 24.9 Å². The summed E-state index contributed by atoms with van der Waals surface area (Å²) < 4.78 is 29.5. The Morgan fingerprint density at radius 1 is 0.875 bits per heavy atom. The van der Waals surface area contributed by atoms with Crippen LogP contribution in [0.3, 0.4) is 0 Å². The molecule has 0 aliphatic heterocycles. The Balaban J connectivity index is 1.69. The van der Waals surface area contributed by atoms with Gasteiger partial charge in [-0.05, 0) is 48.5 Å². The topological polar surface area (TPSA) is 89.8 Å². The number of fused-ring (bicyclic) bond motifs is 1. The van der Waals surface area contributed by atoms with Gasteiger partial charge in [0.15, 0.2) is 0 Å². The van der Waals surface area contributed by atoms with Crippen LogP contribution in [0.1, 0.15) is 20.9 Å². The van der Waals surface area contributed by atoms with Gasteiger partial charge in [0, 0.05) is 17.0 Å². The lowest BCUT2D eigenvalue weighted by Crippen LogP contribution is -2.17. The first-order chi connectivity index (χ1) is 15.5. The van der Waals surface area contributed by atoms with Crippen LogP contribution in [0.5, 0.6) is 11.5 Å². The monoisotopic (exact) mass is 434 g/mol. The number of carbonyl (C=O) groups is 2. The summed E-state index contributed by atoms with van der Waals surface area (Å²) in [7, 11) is 3.00. The van der Waals surface area contributed by atoms with Gasteiger partial charge in [-0.3, -0.25) is 9.59 Å². The highest BCUT2D eigenvalue weighted by Gasteiger charge is 2.23. The van der Waals surface area contributed by atoms with Crippen molar-refractivity contribution >= 4 is 34.2 Å². The highest BCUT2D eigenvalue weighted by molar-refractivity contribution is 6.17. The molecule has 7 nitrogen and oxygen atoms in total. The number of ether oxygens (including phenoxy) is 2. The molecule has 4 aromatic rings. The van der Waals surface area contributed by atoms with Crippen molar-refractivity contribution in [1.82, 2.24) is 0 Å². The van der Waals surface area contributed by atoms with E-state index in [2.05, 4.69) is 10.6 Å². The fourth-order valence-electron chi connectivity index (χ4n) is 3.20. The standard InChI is InChI=1S/C24H19FN2O5/c1-30-16-11-12-18(20(13-16)31-2)26-24(29)22-21(17-5-3-4-6-19(17)32-22)27-23(28)14-7-9-15(25)10-8-14/h3-13H,1-2H3,(H,26,29)(H,27,28). The number of hydrogen-bond donors (Lipinski definition) is 2. The van der Waals surface area contributed by atoms with E-state index in [1.165, 1.54) is 38.5 Å². The molecule has 0 aliphatic rings. The Morgan fingerprint density at radius 3 is 2.34 bits per heavy atom. The predicted octanol–water partition coefficient (Wildman–Crippen LogP) is 5.09. The van der Waals surface area contributed by atoms with E-state index in [1.54, 1.807) is 42.5 Å². The summed E-state index contributed by atoms with van der Waals surface area (Å²) >= 11 is 0. The molecule has 0 bridgehead atoms. The van der Waals surface area contributed by atoms with Gasteiger partial charge in [0.1, 0.15) is 28.6 Å². The Labute approximate surface area is 182 Å². The molecule has 0 unspecified atom stereocenters. The number of hydrogen-bond acceptors (Lipinski definition) is 5. The van der Waals surface area contributed by atoms with E-state index >= 15 is 0 Å². The number of para-hydroxylation sites is 1. The van der Waals surface area contributed by atoms with Crippen molar-refractivity contribution in [2.24, 2.45) is 0 Å². The zero-order valence-corrected chi connectivity index (χ0v) is 17.3. The quantitative estimate of drug-likeness (QED) is 0.441. The summed E-state index contributed by atoms with van der Waals surface area (Å²) in [6.07, 6.45) is 0. The molecule has 8 heteroatoms. The van der Waals surface area contributed by atoms with Crippen LogP contribution in [0, 0.1) is 5.82 Å². The summed E-state index contributed by atoms with van der Waals surface area (Å²) in [6, 6.07) is 17.0. The zero-order valence-electron chi connectivity index (χ0n) is 17.3. The first-order valence-corrected chi connectivity index (χ1v) is 9.62. The average molecular weight is 434 g/mol. The number of methoxy groups -OCH3 is 2. The minimum Gasteiger partial charge on any atom is -0.497 e. The van der Waals surface area contributed by atoms with Crippen LogP contribution in [-0.4, -0.2) is 26.0 Å². The SMILES string of the molecule is COc1ccc(NC(=O)c2oc3ccccc3c2NC(=O)c2ccc(F)cc2)c(OC)c1. The van der Waals surface area contributed by atoms with Gasteiger partial charge in [0.2, 0.25) is 5.76 Å². The van der Waals surface area contributed by atoms with Crippen molar-refractivity contribution < 1.29 is 27.9 Å². The number of nitrogens with one attached hydrogen (secondary N) is 2. The van der Waals surface area contributed by atoms with Gasteiger partial charge in [-0.2, -0.15) is 0 Å². The third kappa shape index (κ3) is 4.11. The smallest absolute Gasteiger partial charge is 0.293 e. The van der Waals surface area contributed by atoms with Crippen LogP contribution in [0.15, 0.2) is 71.1 Å². The molecule has 2 amide bonds. The summed E-state index contributed by atoms with van der Waals surface area (Å²) in [6.45, 7) is 0. The lowest BCUT2D eigenvalue weighted by atomic mass is 10.1. The van der Waals surface area contributed by atoms with Crippen LogP contribution in [0.2, 0.25) is 0 Å². The average Bonchev–Trinajstić information content (AvgIpc) is 3.18. The fraction of sp³-hybridized carbons (Fsp3) is 0.0833. The summed E-state index contributed by atoms with van der Waals surface area (Å²) in [5, 5.41) is 6.00. The van der Waals surface area contributed by atoms with Gasteiger partial charge in [-0.25, -0.2) is 4.39 Å². The number of amides is 2. The first-order valence-electron chi connectivity index (χ1n) is 9.62. The lowest BCUT2D eigenvalue weighted by molar-refractivity contribution is 0.0999. The molecule has 0 radical (unpaired) electrons. The molecular formula is C24H19FN2O5. The maximum absolute atomic E-state index is 13.2. The van der Waals surface area contributed by atoms with Crippen molar-refractivity contribution in [3.05, 3.63) is 83.9 Å². The third-order valence-corrected chi connectivity index (χ3v) is 4.80. The number of anilines is 2. The molecular weight excluding hydrogens is 415 g/mol. The number of benzene rings is 3. The Bertz CT molecular complexity index is 1300. The summed E-state index contributed by atoms with van der Waals surface area (Å²) in [5.41, 5.74) is 1.27. The maximum atomic E-state index is 13.2. The van der Waals surface area contributed by atoms with Gasteiger partial charge >= 0.3 is 0 Å². The van der Waals surface area contributed by atoms with Crippen molar-refractivity contribution in [1.29, 1.82) is 0 Å². The number of furan rings is 1. The maximum Gasteiger partial charge on any atom is 0.293 e. The fourth-order valence-corrected chi connectivity index (χ4v) is 3.20. The molecule has 3 aromatic carbocycles. The second-order valence-electron chi connectivity index (χ2n) is 6.78. The molecule has 0 aliphatic carbocycles. The Kier molecular flexibility index (Phi) is 5.76. The minimum absolute atomic E-state index is 0.0838. The van der Waals surface area contributed by atoms with Crippen LogP contribution in [0.25, 0.3) is 11.0 Å². The van der Waals surface area contributed by atoms with E-state index in [9.17, 15) is 14.0 Å². The van der Waals surface area contributed by atoms with Gasteiger partial charge in [0.25, 0.3) is 11.8 Å². The van der Waals surface area contributed by atoms with Gasteiger partial charge in [-0.1, -0.05) is 12.1 Å². The molecule has 0 saturated heterocycles. The number of halogens is 1. The normalized spacial score (nSPS) is 10.6.